The van der Waals surface area contributed by atoms with Gasteiger partial charge in [0, 0.05) is 24.7 Å². The first-order valence-electron chi connectivity index (χ1n) is 11.8. The van der Waals surface area contributed by atoms with Gasteiger partial charge in [-0.05, 0) is 78.3 Å². The predicted octanol–water partition coefficient (Wildman–Crippen LogP) is 4.01. The molecule has 168 valence electrons. The molecular formula is C24H35N5O2. The van der Waals surface area contributed by atoms with E-state index in [4.69, 9.17) is 9.51 Å². The summed E-state index contributed by atoms with van der Waals surface area (Å²) < 4.78 is 5.50. The van der Waals surface area contributed by atoms with Gasteiger partial charge in [-0.2, -0.15) is 0 Å². The Hall–Kier alpha value is -2.28. The van der Waals surface area contributed by atoms with Gasteiger partial charge in [0.2, 0.25) is 5.91 Å². The number of nitrogens with zero attached hydrogens (tertiary/aromatic N) is 4. The number of nitrogens with one attached hydrogen (secondary N) is 1. The van der Waals surface area contributed by atoms with Crippen LogP contribution in [0.4, 0.5) is 0 Å². The molecule has 1 N–H and O–H groups in total. The van der Waals surface area contributed by atoms with Crippen LogP contribution in [0.3, 0.4) is 0 Å². The van der Waals surface area contributed by atoms with Gasteiger partial charge in [-0.15, -0.1) is 0 Å². The van der Waals surface area contributed by atoms with Crippen molar-refractivity contribution in [3.05, 3.63) is 29.5 Å². The average molecular weight is 426 g/mol. The molecule has 0 bridgehead atoms. The van der Waals surface area contributed by atoms with Gasteiger partial charge in [0.15, 0.2) is 5.76 Å². The highest BCUT2D eigenvalue weighted by Crippen LogP contribution is 2.38. The lowest BCUT2D eigenvalue weighted by atomic mass is 9.79. The Labute approximate surface area is 185 Å². The fourth-order valence-corrected chi connectivity index (χ4v) is 4.98. The van der Waals surface area contributed by atoms with E-state index in [9.17, 15) is 4.79 Å². The van der Waals surface area contributed by atoms with Crippen LogP contribution in [0.1, 0.15) is 75.0 Å². The van der Waals surface area contributed by atoms with E-state index in [1.807, 2.05) is 33.0 Å². The van der Waals surface area contributed by atoms with Gasteiger partial charge in [-0.1, -0.05) is 11.6 Å². The van der Waals surface area contributed by atoms with Crippen molar-refractivity contribution < 1.29 is 9.32 Å². The molecule has 2 aromatic rings. The number of rotatable bonds is 6. The minimum atomic E-state index is -0.0199. The van der Waals surface area contributed by atoms with Crippen molar-refractivity contribution in [3.63, 3.8) is 0 Å². The van der Waals surface area contributed by atoms with Crippen LogP contribution in [0.15, 0.2) is 16.8 Å². The number of piperidine rings is 1. The molecule has 1 atom stereocenters. The summed E-state index contributed by atoms with van der Waals surface area (Å²) in [5.41, 5.74) is 2.89. The number of likely N-dealkylation sites (tertiary alicyclic amines) is 1. The van der Waals surface area contributed by atoms with E-state index in [-0.39, 0.29) is 11.9 Å². The van der Waals surface area contributed by atoms with Gasteiger partial charge in [0.25, 0.3) is 0 Å². The molecule has 31 heavy (non-hydrogen) atoms. The van der Waals surface area contributed by atoms with Crippen LogP contribution < -0.4 is 5.32 Å². The number of amides is 1. The SMILES string of the molecule is Cc1cc(-c2cnc(C)nc2C2CCC(CNC(=O)[C@@H](C)N3CCCCC3)CC2)on1. The molecule has 1 aliphatic heterocycles. The highest BCUT2D eigenvalue weighted by atomic mass is 16.5. The molecule has 2 aromatic heterocycles. The highest BCUT2D eigenvalue weighted by Gasteiger charge is 2.28. The highest BCUT2D eigenvalue weighted by molar-refractivity contribution is 5.81. The fourth-order valence-electron chi connectivity index (χ4n) is 4.98. The summed E-state index contributed by atoms with van der Waals surface area (Å²) in [6, 6.07) is 1.93. The summed E-state index contributed by atoms with van der Waals surface area (Å²) in [4.78, 5) is 24.1. The van der Waals surface area contributed by atoms with Crippen molar-refractivity contribution in [2.45, 2.75) is 77.7 Å². The van der Waals surface area contributed by atoms with Gasteiger partial charge in [-0.3, -0.25) is 9.69 Å². The molecule has 0 spiro atoms. The minimum Gasteiger partial charge on any atom is -0.356 e. The molecule has 0 unspecified atom stereocenters. The lowest BCUT2D eigenvalue weighted by Gasteiger charge is -2.32. The third-order valence-corrected chi connectivity index (χ3v) is 6.95. The Morgan fingerprint density at radius 2 is 1.94 bits per heavy atom. The van der Waals surface area contributed by atoms with Crippen molar-refractivity contribution in [2.24, 2.45) is 5.92 Å². The second-order valence-corrected chi connectivity index (χ2v) is 9.28. The van der Waals surface area contributed by atoms with E-state index in [0.29, 0.717) is 11.8 Å². The zero-order valence-corrected chi connectivity index (χ0v) is 19.1. The molecule has 2 aliphatic rings. The lowest BCUT2D eigenvalue weighted by molar-refractivity contribution is -0.126. The summed E-state index contributed by atoms with van der Waals surface area (Å²) in [6.45, 7) is 8.77. The monoisotopic (exact) mass is 425 g/mol. The topological polar surface area (TPSA) is 84.2 Å². The molecular weight excluding hydrogens is 390 g/mol. The third-order valence-electron chi connectivity index (χ3n) is 6.95. The predicted molar refractivity (Wildman–Crippen MR) is 120 cm³/mol. The molecule has 7 nitrogen and oxygen atoms in total. The second kappa shape index (κ2) is 9.90. The van der Waals surface area contributed by atoms with Crippen molar-refractivity contribution in [3.8, 4) is 11.3 Å². The smallest absolute Gasteiger partial charge is 0.237 e. The van der Waals surface area contributed by atoms with E-state index in [2.05, 4.69) is 20.4 Å². The van der Waals surface area contributed by atoms with Gasteiger partial charge >= 0.3 is 0 Å². The van der Waals surface area contributed by atoms with Gasteiger partial charge in [-0.25, -0.2) is 9.97 Å². The maximum absolute atomic E-state index is 12.6. The third kappa shape index (κ3) is 5.32. The molecule has 0 aromatic carbocycles. The van der Waals surface area contributed by atoms with Gasteiger partial charge in [0.1, 0.15) is 5.82 Å². The van der Waals surface area contributed by atoms with E-state index >= 15 is 0 Å². The van der Waals surface area contributed by atoms with Crippen LogP contribution in [-0.4, -0.2) is 51.6 Å². The van der Waals surface area contributed by atoms with Crippen molar-refractivity contribution in [2.75, 3.05) is 19.6 Å². The first kappa shape index (κ1) is 21.9. The molecule has 1 saturated heterocycles. The fraction of sp³-hybridized carbons (Fsp3) is 0.667. The molecule has 3 heterocycles. The van der Waals surface area contributed by atoms with Crippen molar-refractivity contribution in [1.82, 2.24) is 25.3 Å². The number of hydrogen-bond acceptors (Lipinski definition) is 6. The maximum Gasteiger partial charge on any atom is 0.237 e. The van der Waals surface area contributed by atoms with Crippen LogP contribution in [0.2, 0.25) is 0 Å². The Kier molecular flexibility index (Phi) is 7.00. The number of hydrogen-bond donors (Lipinski definition) is 1. The van der Waals surface area contributed by atoms with Crippen LogP contribution >= 0.6 is 0 Å². The lowest BCUT2D eigenvalue weighted by Crippen LogP contribution is -2.48. The van der Waals surface area contributed by atoms with Crippen LogP contribution in [0.5, 0.6) is 0 Å². The summed E-state index contributed by atoms with van der Waals surface area (Å²) >= 11 is 0. The standard InChI is InChI=1S/C24H35N5O2/c1-16-13-22(31-28-16)21-15-25-18(3)27-23(21)20-9-7-19(8-10-20)14-26-24(30)17(2)29-11-5-4-6-12-29/h13,15,17,19-20H,4-12,14H2,1-3H3,(H,26,30)/t17-,19?,20?/m1/s1. The summed E-state index contributed by atoms with van der Waals surface area (Å²) in [7, 11) is 0. The van der Waals surface area contributed by atoms with E-state index in [1.165, 1.54) is 19.3 Å². The first-order valence-corrected chi connectivity index (χ1v) is 11.8. The number of carbonyl (C=O) groups excluding carboxylic acids is 1. The van der Waals surface area contributed by atoms with Crippen molar-refractivity contribution >= 4 is 5.91 Å². The van der Waals surface area contributed by atoms with E-state index < -0.39 is 0 Å². The largest absolute Gasteiger partial charge is 0.356 e. The Morgan fingerprint density at radius 1 is 1.19 bits per heavy atom. The molecule has 0 radical (unpaired) electrons. The molecule has 7 heteroatoms. The number of aromatic nitrogens is 3. The molecule has 1 aliphatic carbocycles. The van der Waals surface area contributed by atoms with Crippen LogP contribution in [0, 0.1) is 19.8 Å². The number of carbonyl (C=O) groups is 1. The molecule has 1 saturated carbocycles. The van der Waals surface area contributed by atoms with Crippen LogP contribution in [-0.2, 0) is 4.79 Å². The Bertz CT molecular complexity index is 882. The normalized spacial score (nSPS) is 23.5. The first-order chi connectivity index (χ1) is 15.0. The number of aryl methyl sites for hydroxylation is 2. The summed E-state index contributed by atoms with van der Waals surface area (Å²) in [6.07, 6.45) is 9.91. The van der Waals surface area contributed by atoms with Crippen molar-refractivity contribution in [1.29, 1.82) is 0 Å². The summed E-state index contributed by atoms with van der Waals surface area (Å²) in [5, 5.41) is 7.25. The second-order valence-electron chi connectivity index (χ2n) is 9.28. The molecule has 2 fully saturated rings. The van der Waals surface area contributed by atoms with Gasteiger partial charge in [0.05, 0.1) is 23.0 Å². The van der Waals surface area contributed by atoms with Gasteiger partial charge < -0.3 is 9.84 Å². The van der Waals surface area contributed by atoms with E-state index in [1.54, 1.807) is 0 Å². The average Bonchev–Trinajstić information content (AvgIpc) is 3.24. The minimum absolute atomic E-state index is 0.0199. The zero-order valence-electron chi connectivity index (χ0n) is 19.1. The van der Waals surface area contributed by atoms with Crippen LogP contribution in [0.25, 0.3) is 11.3 Å². The maximum atomic E-state index is 12.6. The quantitative estimate of drug-likeness (QED) is 0.753. The molecule has 4 rings (SSSR count). The Morgan fingerprint density at radius 3 is 2.61 bits per heavy atom. The van der Waals surface area contributed by atoms with E-state index in [0.717, 1.165) is 73.9 Å². The molecule has 1 amide bonds. The zero-order chi connectivity index (χ0) is 21.8. The Balaban J connectivity index is 1.32. The summed E-state index contributed by atoms with van der Waals surface area (Å²) in [5.74, 6) is 2.64.